The molecule has 3 aromatic carbocycles. The summed E-state index contributed by atoms with van der Waals surface area (Å²) in [5, 5.41) is -0.746. The fourth-order valence-electron chi connectivity index (χ4n) is 2.78. The van der Waals surface area contributed by atoms with Crippen molar-refractivity contribution in [2.24, 2.45) is 0 Å². The Hall–Kier alpha value is -2.54. The second-order valence-electron chi connectivity index (χ2n) is 5.38. The Morgan fingerprint density at radius 1 is 0.636 bits per heavy atom. The minimum atomic E-state index is -0.746. The van der Waals surface area contributed by atoms with Crippen LogP contribution in [0.2, 0.25) is 0 Å². The quantitative estimate of drug-likeness (QED) is 0.601. The van der Waals surface area contributed by atoms with Gasteiger partial charge in [0.1, 0.15) is 0 Å². The van der Waals surface area contributed by atoms with Crippen LogP contribution in [0.25, 0.3) is 5.57 Å². The number of rotatable bonds is 4. The van der Waals surface area contributed by atoms with Crippen LogP contribution >= 0.6 is 0 Å². The summed E-state index contributed by atoms with van der Waals surface area (Å²) in [5.74, 6) is 0. The predicted octanol–water partition coefficient (Wildman–Crippen LogP) is 4.81. The molecular weight excluding hydrogens is 263 g/mol. The van der Waals surface area contributed by atoms with Crippen molar-refractivity contribution < 1.29 is 0 Å². The molecule has 22 heavy (non-hydrogen) atoms. The van der Waals surface area contributed by atoms with Crippen LogP contribution in [0.15, 0.2) is 97.6 Å². The monoisotopic (exact) mass is 280 g/mol. The molecule has 0 nitrogen and oxygen atoms in total. The third kappa shape index (κ3) is 2.51. The Bertz CT molecular complexity index is 706. The maximum absolute atomic E-state index is 6.92. The summed E-state index contributed by atoms with van der Waals surface area (Å²) in [5.41, 5.74) is 4.02. The zero-order chi connectivity index (χ0) is 15.4. The van der Waals surface area contributed by atoms with E-state index in [-0.39, 0.29) is 0 Å². The van der Waals surface area contributed by atoms with Gasteiger partial charge < -0.3 is 0 Å². The third-order valence-electron chi connectivity index (χ3n) is 4.06. The van der Waals surface area contributed by atoms with Crippen LogP contribution in [0.4, 0.5) is 0 Å². The highest BCUT2D eigenvalue weighted by molar-refractivity contribution is 6.25. The summed E-state index contributed by atoms with van der Waals surface area (Å²) in [7, 11) is 6.92. The van der Waals surface area contributed by atoms with E-state index in [0.29, 0.717) is 0 Å². The summed E-state index contributed by atoms with van der Waals surface area (Å²) < 4.78 is 0. The van der Waals surface area contributed by atoms with Gasteiger partial charge in [0.05, 0.1) is 7.85 Å². The van der Waals surface area contributed by atoms with Gasteiger partial charge in [0.25, 0.3) is 0 Å². The standard InChI is InChI=1S/C21H17B/c1-17(18-11-5-2-6-12-18)21(22,19-13-7-3-8-14-19)20-15-9-4-10-16-20/h2-16H,1H2. The molecule has 0 heterocycles. The minimum Gasteiger partial charge on any atom is -0.0948 e. The van der Waals surface area contributed by atoms with E-state index in [1.54, 1.807) is 0 Å². The van der Waals surface area contributed by atoms with Crippen molar-refractivity contribution in [3.63, 3.8) is 0 Å². The Balaban J connectivity index is 2.18. The molecule has 0 fully saturated rings. The fraction of sp³-hybridized carbons (Fsp3) is 0.0476. The van der Waals surface area contributed by atoms with Crippen LogP contribution in [0.1, 0.15) is 16.7 Å². The Morgan fingerprint density at radius 3 is 1.41 bits per heavy atom. The van der Waals surface area contributed by atoms with Gasteiger partial charge in [-0.05, 0) is 22.3 Å². The number of benzene rings is 3. The molecule has 0 aliphatic rings. The van der Waals surface area contributed by atoms with Crippen molar-refractivity contribution in [2.45, 2.75) is 5.31 Å². The van der Waals surface area contributed by atoms with E-state index < -0.39 is 5.31 Å². The summed E-state index contributed by atoms with van der Waals surface area (Å²) in [6, 6.07) is 30.4. The van der Waals surface area contributed by atoms with Gasteiger partial charge in [-0.3, -0.25) is 0 Å². The first-order valence-corrected chi connectivity index (χ1v) is 7.37. The summed E-state index contributed by atoms with van der Waals surface area (Å²) in [4.78, 5) is 0. The maximum Gasteiger partial charge on any atom is 0.0940 e. The molecule has 0 aromatic heterocycles. The van der Waals surface area contributed by atoms with Gasteiger partial charge in [0.2, 0.25) is 0 Å². The molecule has 104 valence electrons. The van der Waals surface area contributed by atoms with Gasteiger partial charge in [0, 0.05) is 5.31 Å². The Morgan fingerprint density at radius 2 is 1.00 bits per heavy atom. The van der Waals surface area contributed by atoms with Crippen LogP contribution in [0.3, 0.4) is 0 Å². The van der Waals surface area contributed by atoms with Gasteiger partial charge >= 0.3 is 0 Å². The molecule has 0 amide bonds. The van der Waals surface area contributed by atoms with E-state index in [1.165, 1.54) is 0 Å². The average molecular weight is 280 g/mol. The number of hydrogen-bond donors (Lipinski definition) is 0. The van der Waals surface area contributed by atoms with Gasteiger partial charge in [-0.25, -0.2) is 0 Å². The Kier molecular flexibility index (Phi) is 3.97. The first kappa shape index (κ1) is 14.4. The van der Waals surface area contributed by atoms with Crippen LogP contribution in [-0.2, 0) is 5.31 Å². The molecule has 0 unspecified atom stereocenters. The van der Waals surface area contributed by atoms with Crippen LogP contribution in [-0.4, -0.2) is 7.85 Å². The smallest absolute Gasteiger partial charge is 0.0940 e. The lowest BCUT2D eigenvalue weighted by atomic mass is 9.55. The van der Waals surface area contributed by atoms with E-state index in [2.05, 4.69) is 43.0 Å². The fourth-order valence-corrected chi connectivity index (χ4v) is 2.78. The van der Waals surface area contributed by atoms with Crippen LogP contribution in [0, 0.1) is 0 Å². The van der Waals surface area contributed by atoms with Gasteiger partial charge in [-0.15, -0.1) is 0 Å². The highest BCUT2D eigenvalue weighted by atomic mass is 14.3. The second-order valence-corrected chi connectivity index (χ2v) is 5.38. The van der Waals surface area contributed by atoms with Gasteiger partial charge in [-0.2, -0.15) is 0 Å². The van der Waals surface area contributed by atoms with Crippen LogP contribution < -0.4 is 0 Å². The first-order chi connectivity index (χ1) is 10.7. The van der Waals surface area contributed by atoms with Crippen molar-refractivity contribution in [3.8, 4) is 0 Å². The molecular formula is C21H17B. The molecule has 0 N–H and O–H groups in total. The summed E-state index contributed by atoms with van der Waals surface area (Å²) in [6.07, 6.45) is 0. The molecule has 0 aliphatic carbocycles. The van der Waals surface area contributed by atoms with Gasteiger partial charge in [0.15, 0.2) is 0 Å². The zero-order valence-corrected chi connectivity index (χ0v) is 12.4. The molecule has 2 radical (unpaired) electrons. The predicted molar refractivity (Wildman–Crippen MR) is 94.9 cm³/mol. The highest BCUT2D eigenvalue weighted by Crippen LogP contribution is 2.40. The zero-order valence-electron chi connectivity index (χ0n) is 12.4. The van der Waals surface area contributed by atoms with E-state index in [4.69, 9.17) is 7.85 Å². The molecule has 0 saturated heterocycles. The average Bonchev–Trinajstić information content (AvgIpc) is 2.62. The third-order valence-corrected chi connectivity index (χ3v) is 4.06. The number of hydrogen-bond acceptors (Lipinski definition) is 0. The molecule has 0 bridgehead atoms. The van der Waals surface area contributed by atoms with E-state index in [1.807, 2.05) is 54.6 Å². The first-order valence-electron chi connectivity index (χ1n) is 7.37. The molecule has 0 atom stereocenters. The number of allylic oxidation sites excluding steroid dienone is 1. The van der Waals surface area contributed by atoms with E-state index >= 15 is 0 Å². The van der Waals surface area contributed by atoms with Crippen molar-refractivity contribution in [1.82, 2.24) is 0 Å². The summed E-state index contributed by atoms with van der Waals surface area (Å²) in [6.45, 7) is 4.32. The van der Waals surface area contributed by atoms with Gasteiger partial charge in [-0.1, -0.05) is 97.6 Å². The normalized spacial score (nSPS) is 11.1. The topological polar surface area (TPSA) is 0 Å². The van der Waals surface area contributed by atoms with Crippen molar-refractivity contribution in [3.05, 3.63) is 114 Å². The maximum atomic E-state index is 6.92. The lowest BCUT2D eigenvalue weighted by molar-refractivity contribution is 0.946. The largest absolute Gasteiger partial charge is 0.0948 e. The summed E-state index contributed by atoms with van der Waals surface area (Å²) >= 11 is 0. The SMILES string of the molecule is [B]C(C(=C)c1ccccc1)(c1ccccc1)c1ccccc1. The second kappa shape index (κ2) is 6.07. The molecule has 3 rings (SSSR count). The minimum absolute atomic E-state index is 0.746. The molecule has 0 spiro atoms. The van der Waals surface area contributed by atoms with Crippen molar-refractivity contribution >= 4 is 13.4 Å². The van der Waals surface area contributed by atoms with Crippen LogP contribution in [0.5, 0.6) is 0 Å². The van der Waals surface area contributed by atoms with E-state index in [9.17, 15) is 0 Å². The van der Waals surface area contributed by atoms with E-state index in [0.717, 1.165) is 22.3 Å². The van der Waals surface area contributed by atoms with Crippen molar-refractivity contribution in [2.75, 3.05) is 0 Å². The van der Waals surface area contributed by atoms with Crippen molar-refractivity contribution in [1.29, 1.82) is 0 Å². The highest BCUT2D eigenvalue weighted by Gasteiger charge is 2.31. The molecule has 0 saturated carbocycles. The lowest BCUT2D eigenvalue weighted by Crippen LogP contribution is -2.29. The molecule has 0 aliphatic heterocycles. The Labute approximate surface area is 133 Å². The lowest BCUT2D eigenvalue weighted by Gasteiger charge is -2.34. The molecule has 1 heteroatoms. The molecule has 3 aromatic rings.